The van der Waals surface area contributed by atoms with Crippen molar-refractivity contribution in [2.45, 2.75) is 0 Å². The molecule has 4 nitrogen and oxygen atoms in total. The van der Waals surface area contributed by atoms with Crippen molar-refractivity contribution in [2.75, 3.05) is 5.73 Å². The van der Waals surface area contributed by atoms with Crippen LogP contribution >= 0.6 is 0 Å². The highest BCUT2D eigenvalue weighted by molar-refractivity contribution is 5.25. The number of hydrogen-bond acceptors (Lipinski definition) is 3. The third kappa shape index (κ3) is 1.07. The summed E-state index contributed by atoms with van der Waals surface area (Å²) < 4.78 is 1.57. The van der Waals surface area contributed by atoms with E-state index in [1.807, 2.05) is 0 Å². The molecule has 0 amide bonds. The van der Waals surface area contributed by atoms with Crippen LogP contribution in [0.25, 0.3) is 0 Å². The van der Waals surface area contributed by atoms with Gasteiger partial charge in [-0.3, -0.25) is 4.79 Å². The van der Waals surface area contributed by atoms with Crippen molar-refractivity contribution >= 4 is 5.82 Å². The molecule has 0 bridgehead atoms. The number of nitrogens with zero attached hydrogens (tertiary/aromatic N) is 2. The predicted octanol–water partition coefficient (Wildman–Crippen LogP) is -0.638. The minimum atomic E-state index is -0.300. The summed E-state index contributed by atoms with van der Waals surface area (Å²) in [5, 5.41) is 0. The van der Waals surface area contributed by atoms with E-state index in [-0.39, 0.29) is 5.56 Å². The van der Waals surface area contributed by atoms with Crippen LogP contribution in [-0.4, -0.2) is 9.55 Å². The van der Waals surface area contributed by atoms with Gasteiger partial charge in [-0.1, -0.05) is 0 Å². The Kier molecular flexibility index (Phi) is 1.22. The molecule has 0 unspecified atom stereocenters. The fraction of sp³-hybridized carbons (Fsp3) is 0.200. The van der Waals surface area contributed by atoms with Crippen LogP contribution in [0.2, 0.25) is 0 Å². The van der Waals surface area contributed by atoms with Crippen molar-refractivity contribution in [3.63, 3.8) is 0 Å². The molecule has 0 aliphatic carbocycles. The number of nitrogen functional groups attached to an aromatic ring is 1. The molecule has 48 valence electrons. The SMILES string of the molecule is Cn1cnc(=O)cc1N. The molecule has 0 fully saturated rings. The average Bonchev–Trinajstić information content (AvgIpc) is 1.80. The van der Waals surface area contributed by atoms with E-state index in [1.54, 1.807) is 11.6 Å². The van der Waals surface area contributed by atoms with Crippen LogP contribution in [0, 0.1) is 0 Å². The minimum absolute atomic E-state index is 0.300. The summed E-state index contributed by atoms with van der Waals surface area (Å²) in [7, 11) is 1.72. The molecule has 9 heavy (non-hydrogen) atoms. The Labute approximate surface area is 51.9 Å². The van der Waals surface area contributed by atoms with Crippen LogP contribution < -0.4 is 11.3 Å². The molecule has 1 heterocycles. The van der Waals surface area contributed by atoms with Crippen molar-refractivity contribution in [3.8, 4) is 0 Å². The summed E-state index contributed by atoms with van der Waals surface area (Å²) in [6.45, 7) is 0. The first-order chi connectivity index (χ1) is 4.20. The summed E-state index contributed by atoms with van der Waals surface area (Å²) in [5.74, 6) is 0.426. The molecule has 0 aliphatic rings. The van der Waals surface area contributed by atoms with Gasteiger partial charge in [0.05, 0.1) is 0 Å². The van der Waals surface area contributed by atoms with Gasteiger partial charge in [0.25, 0.3) is 5.56 Å². The summed E-state index contributed by atoms with van der Waals surface area (Å²) in [6, 6.07) is 1.28. The van der Waals surface area contributed by atoms with E-state index in [1.165, 1.54) is 12.4 Å². The number of anilines is 1. The Bertz CT molecular complexity index is 265. The molecule has 2 N–H and O–H groups in total. The van der Waals surface area contributed by atoms with E-state index >= 15 is 0 Å². The van der Waals surface area contributed by atoms with E-state index in [2.05, 4.69) is 4.98 Å². The van der Waals surface area contributed by atoms with Gasteiger partial charge in [0.15, 0.2) is 0 Å². The van der Waals surface area contributed by atoms with Crippen molar-refractivity contribution in [3.05, 3.63) is 22.7 Å². The fourth-order valence-electron chi connectivity index (χ4n) is 0.476. The first-order valence-electron chi connectivity index (χ1n) is 2.48. The molecule has 0 saturated heterocycles. The molecule has 0 radical (unpaired) electrons. The molecule has 1 aromatic heterocycles. The van der Waals surface area contributed by atoms with Crippen LogP contribution in [0.1, 0.15) is 0 Å². The van der Waals surface area contributed by atoms with Gasteiger partial charge >= 0.3 is 0 Å². The second kappa shape index (κ2) is 1.89. The molecular formula is C5H7N3O. The Morgan fingerprint density at radius 3 is 2.89 bits per heavy atom. The minimum Gasteiger partial charge on any atom is -0.385 e. The highest BCUT2D eigenvalue weighted by Gasteiger charge is 1.88. The summed E-state index contributed by atoms with van der Waals surface area (Å²) >= 11 is 0. The lowest BCUT2D eigenvalue weighted by Crippen LogP contribution is -2.11. The zero-order valence-electron chi connectivity index (χ0n) is 5.03. The zero-order chi connectivity index (χ0) is 6.85. The lowest BCUT2D eigenvalue weighted by molar-refractivity contribution is 0.867. The number of hydrogen-bond donors (Lipinski definition) is 1. The van der Waals surface area contributed by atoms with Gasteiger partial charge in [0.1, 0.15) is 12.1 Å². The van der Waals surface area contributed by atoms with Crippen LogP contribution in [0.5, 0.6) is 0 Å². The van der Waals surface area contributed by atoms with Crippen molar-refractivity contribution < 1.29 is 0 Å². The smallest absolute Gasteiger partial charge is 0.274 e. The van der Waals surface area contributed by atoms with E-state index < -0.39 is 0 Å². The van der Waals surface area contributed by atoms with Gasteiger partial charge < -0.3 is 10.3 Å². The topological polar surface area (TPSA) is 60.9 Å². The summed E-state index contributed by atoms with van der Waals surface area (Å²) in [4.78, 5) is 13.9. The fourth-order valence-corrected chi connectivity index (χ4v) is 0.476. The lowest BCUT2D eigenvalue weighted by Gasteiger charge is -1.97. The maximum Gasteiger partial charge on any atom is 0.274 e. The Balaban J connectivity index is 3.34. The third-order valence-electron chi connectivity index (χ3n) is 1.04. The maximum absolute atomic E-state index is 10.4. The average molecular weight is 125 g/mol. The molecule has 1 aromatic rings. The van der Waals surface area contributed by atoms with E-state index in [9.17, 15) is 4.79 Å². The van der Waals surface area contributed by atoms with E-state index in [0.29, 0.717) is 5.82 Å². The van der Waals surface area contributed by atoms with Crippen molar-refractivity contribution in [1.82, 2.24) is 9.55 Å². The molecular weight excluding hydrogens is 118 g/mol. The Morgan fingerprint density at radius 2 is 2.44 bits per heavy atom. The molecule has 4 heteroatoms. The van der Waals surface area contributed by atoms with Crippen LogP contribution in [0.3, 0.4) is 0 Å². The summed E-state index contributed by atoms with van der Waals surface area (Å²) in [6.07, 6.45) is 1.39. The van der Waals surface area contributed by atoms with Crippen LogP contribution in [0.15, 0.2) is 17.2 Å². The molecule has 0 saturated carbocycles. The van der Waals surface area contributed by atoms with Gasteiger partial charge in [-0.2, -0.15) is 4.98 Å². The van der Waals surface area contributed by atoms with Gasteiger partial charge in [0, 0.05) is 13.1 Å². The largest absolute Gasteiger partial charge is 0.385 e. The highest BCUT2D eigenvalue weighted by atomic mass is 16.1. The van der Waals surface area contributed by atoms with E-state index in [0.717, 1.165) is 0 Å². The Hall–Kier alpha value is -1.32. The monoisotopic (exact) mass is 125 g/mol. The van der Waals surface area contributed by atoms with Crippen LogP contribution in [0.4, 0.5) is 5.82 Å². The van der Waals surface area contributed by atoms with Gasteiger partial charge in [-0.05, 0) is 0 Å². The zero-order valence-corrected chi connectivity index (χ0v) is 5.03. The first-order valence-corrected chi connectivity index (χ1v) is 2.48. The summed E-state index contributed by atoms with van der Waals surface area (Å²) in [5.41, 5.74) is 5.04. The third-order valence-corrected chi connectivity index (χ3v) is 1.04. The Morgan fingerprint density at radius 1 is 1.78 bits per heavy atom. The first kappa shape index (κ1) is 5.81. The molecule has 1 rings (SSSR count). The second-order valence-electron chi connectivity index (χ2n) is 1.76. The van der Waals surface area contributed by atoms with Crippen molar-refractivity contribution in [1.29, 1.82) is 0 Å². The standard InChI is InChI=1S/C5H7N3O/c1-8-3-7-5(9)2-4(8)6/h2-3H,6H2,1H3. The quantitative estimate of drug-likeness (QED) is 0.501. The second-order valence-corrected chi connectivity index (χ2v) is 1.76. The van der Waals surface area contributed by atoms with Crippen molar-refractivity contribution in [2.24, 2.45) is 7.05 Å². The molecule has 0 aromatic carbocycles. The van der Waals surface area contributed by atoms with Gasteiger partial charge in [-0.15, -0.1) is 0 Å². The lowest BCUT2D eigenvalue weighted by atomic mass is 10.6. The number of aromatic nitrogens is 2. The molecule has 0 atom stereocenters. The normalized spacial score (nSPS) is 9.44. The predicted molar refractivity (Wildman–Crippen MR) is 33.9 cm³/mol. The van der Waals surface area contributed by atoms with E-state index in [4.69, 9.17) is 5.73 Å². The van der Waals surface area contributed by atoms with Gasteiger partial charge in [-0.25, -0.2) is 0 Å². The van der Waals surface area contributed by atoms with Gasteiger partial charge in [0.2, 0.25) is 0 Å². The maximum atomic E-state index is 10.4. The molecule has 0 spiro atoms. The number of rotatable bonds is 0. The molecule has 0 aliphatic heterocycles. The number of nitrogens with two attached hydrogens (primary N) is 1. The van der Waals surface area contributed by atoms with Crippen LogP contribution in [-0.2, 0) is 7.05 Å². The number of aryl methyl sites for hydroxylation is 1. The highest BCUT2D eigenvalue weighted by Crippen LogP contribution is 1.89.